The fourth-order valence-electron chi connectivity index (χ4n) is 5.02. The average molecular weight is 471 g/mol. The Morgan fingerprint density at radius 2 is 1.94 bits per heavy atom. The first kappa shape index (κ1) is 22.9. The first-order valence-corrected chi connectivity index (χ1v) is 12.6. The minimum Gasteiger partial charge on any atom is -0.369 e. The number of nitriles is 1. The third kappa shape index (κ3) is 4.33. The Bertz CT molecular complexity index is 1020. The Labute approximate surface area is 198 Å². The molecule has 2 aromatic carbocycles. The van der Waals surface area contributed by atoms with Gasteiger partial charge in [-0.05, 0) is 35.6 Å². The van der Waals surface area contributed by atoms with Gasteiger partial charge in [-0.3, -0.25) is 9.28 Å². The van der Waals surface area contributed by atoms with Crippen molar-refractivity contribution in [3.8, 4) is 17.2 Å². The fourth-order valence-corrected chi connectivity index (χ4v) is 6.10. The Morgan fingerprint density at radius 3 is 2.56 bits per heavy atom. The largest absolute Gasteiger partial charge is 0.369 e. The summed E-state index contributed by atoms with van der Waals surface area (Å²) >= 11 is 8.39. The molecule has 8 heteroatoms. The maximum absolute atomic E-state index is 12.4. The molecule has 3 N–H and O–H groups in total. The van der Waals surface area contributed by atoms with E-state index in [-0.39, 0.29) is 22.2 Å². The highest BCUT2D eigenvalue weighted by Crippen LogP contribution is 2.43. The Morgan fingerprint density at radius 1 is 1.25 bits per heavy atom. The van der Waals surface area contributed by atoms with Crippen LogP contribution in [0.5, 0.6) is 0 Å². The molecule has 0 aliphatic carbocycles. The van der Waals surface area contributed by atoms with E-state index in [1.807, 2.05) is 24.5 Å². The lowest BCUT2D eigenvalue weighted by Gasteiger charge is -2.37. The van der Waals surface area contributed by atoms with Crippen molar-refractivity contribution in [3.05, 3.63) is 47.5 Å². The topological polar surface area (TPSA) is 82.1 Å². The molecule has 0 bridgehead atoms. The Balaban J connectivity index is 1.71. The summed E-state index contributed by atoms with van der Waals surface area (Å²) in [7, 11) is 0. The summed E-state index contributed by atoms with van der Waals surface area (Å²) in [5.41, 5.74) is 9.93. The number of halogens is 1. The molecule has 168 valence electrons. The Kier molecular flexibility index (Phi) is 6.96. The van der Waals surface area contributed by atoms with Crippen molar-refractivity contribution < 1.29 is 4.79 Å². The van der Waals surface area contributed by atoms with Gasteiger partial charge in [0.2, 0.25) is 0 Å². The lowest BCUT2D eigenvalue weighted by atomic mass is 10.0. The molecule has 2 saturated heterocycles. The molecular weight excluding hydrogens is 442 g/mol. The monoisotopic (exact) mass is 470 g/mol. The number of carbonyl (C=O) groups excluding carboxylic acids is 1. The molecule has 0 spiro atoms. The van der Waals surface area contributed by atoms with Crippen LogP contribution in [0.4, 0.5) is 11.4 Å². The molecule has 0 saturated carbocycles. The average Bonchev–Trinajstić information content (AvgIpc) is 3.20. The summed E-state index contributed by atoms with van der Waals surface area (Å²) in [6.45, 7) is 4.83. The van der Waals surface area contributed by atoms with Crippen molar-refractivity contribution >= 4 is 40.6 Å². The predicted molar refractivity (Wildman–Crippen MR) is 134 cm³/mol. The van der Waals surface area contributed by atoms with Gasteiger partial charge in [-0.1, -0.05) is 29.8 Å². The molecule has 4 rings (SSSR count). The van der Waals surface area contributed by atoms with Gasteiger partial charge in [0.05, 0.1) is 11.8 Å². The van der Waals surface area contributed by atoms with Gasteiger partial charge in [0, 0.05) is 44.4 Å². The molecule has 1 unspecified atom stereocenters. The van der Waals surface area contributed by atoms with Crippen molar-refractivity contribution in [2.45, 2.75) is 17.7 Å². The van der Waals surface area contributed by atoms with Crippen molar-refractivity contribution in [2.24, 2.45) is 5.73 Å². The molecule has 32 heavy (non-hydrogen) atoms. The number of carbonyl (C=O) groups is 1. The van der Waals surface area contributed by atoms with Gasteiger partial charge in [0.1, 0.15) is 11.1 Å². The number of thioether (sulfide) groups is 1. The summed E-state index contributed by atoms with van der Waals surface area (Å²) in [4.78, 5) is 14.8. The molecule has 1 amide bonds. The van der Waals surface area contributed by atoms with E-state index in [1.165, 1.54) is 5.69 Å². The first-order valence-electron chi connectivity index (χ1n) is 10.9. The summed E-state index contributed by atoms with van der Waals surface area (Å²) < 4.78 is 0.197. The number of quaternary nitrogens is 1. The zero-order valence-corrected chi connectivity index (χ0v) is 19.8. The normalized spacial score (nSPS) is 25.5. The first-order chi connectivity index (χ1) is 15.5. The number of rotatable bonds is 6. The number of nitrogens with two attached hydrogens (primary N) is 1. The van der Waals surface area contributed by atoms with Crippen LogP contribution in [0.1, 0.15) is 6.42 Å². The third-order valence-corrected chi connectivity index (χ3v) is 8.06. The lowest BCUT2D eigenvalue weighted by Crippen LogP contribution is -2.58. The van der Waals surface area contributed by atoms with Gasteiger partial charge < -0.3 is 16.0 Å². The summed E-state index contributed by atoms with van der Waals surface area (Å²) in [5, 5.41) is 13.9. The van der Waals surface area contributed by atoms with Gasteiger partial charge in [-0.15, -0.1) is 0 Å². The SMILES string of the molecule is CS[C@@H]1C[C@@H](C(N)=O)[N+](CC#N)(c2cc(-c3ccc(N4CCNCC4)cc3)ccc2Cl)C1. The molecule has 6 nitrogen and oxygen atoms in total. The molecule has 2 aromatic rings. The number of hydrogen-bond donors (Lipinski definition) is 2. The van der Waals surface area contributed by atoms with Crippen LogP contribution in [-0.4, -0.2) is 62.7 Å². The van der Waals surface area contributed by atoms with E-state index >= 15 is 0 Å². The number of anilines is 1. The number of hydrogen-bond acceptors (Lipinski definition) is 5. The van der Waals surface area contributed by atoms with E-state index in [4.69, 9.17) is 17.3 Å². The molecule has 2 aliphatic rings. The zero-order valence-electron chi connectivity index (χ0n) is 18.3. The standard InChI is InChI=1S/C24H28ClN5OS/c1-32-20-15-23(24(27)31)30(16-20,13-8-26)22-14-18(4-7-21(22)25)17-2-5-19(6-3-17)29-11-9-28-10-12-29/h2-7,14,20,23,28H,9-13,15-16H2,1H3,(H-,27,31)/p+1/t20-,23+,30?/m1/s1. The van der Waals surface area contributed by atoms with Gasteiger partial charge in [0.15, 0.2) is 18.3 Å². The predicted octanol–water partition coefficient (Wildman–Crippen LogP) is 3.24. The van der Waals surface area contributed by atoms with Crippen LogP contribution >= 0.6 is 23.4 Å². The lowest BCUT2D eigenvalue weighted by molar-refractivity contribution is -0.121. The van der Waals surface area contributed by atoms with E-state index < -0.39 is 6.04 Å². The number of likely N-dealkylation sites (tertiary alicyclic amines) is 1. The molecule has 2 heterocycles. The maximum atomic E-state index is 12.4. The zero-order chi connectivity index (χ0) is 22.7. The van der Waals surface area contributed by atoms with Crippen molar-refractivity contribution in [1.29, 1.82) is 5.26 Å². The molecule has 2 fully saturated rings. The number of nitrogens with one attached hydrogen (secondary N) is 1. The second-order valence-corrected chi connectivity index (χ2v) is 10.0. The van der Waals surface area contributed by atoms with Crippen LogP contribution in [-0.2, 0) is 4.79 Å². The van der Waals surface area contributed by atoms with Crippen molar-refractivity contribution in [3.63, 3.8) is 0 Å². The van der Waals surface area contributed by atoms with E-state index in [0.717, 1.165) is 43.0 Å². The summed E-state index contributed by atoms with van der Waals surface area (Å²) in [5.74, 6) is -0.376. The van der Waals surface area contributed by atoms with Gasteiger partial charge in [-0.25, -0.2) is 0 Å². The van der Waals surface area contributed by atoms with E-state index in [0.29, 0.717) is 18.0 Å². The Hall–Kier alpha value is -2.24. The second kappa shape index (κ2) is 9.72. The van der Waals surface area contributed by atoms with Crippen molar-refractivity contribution in [2.75, 3.05) is 50.4 Å². The smallest absolute Gasteiger partial charge is 0.276 e. The molecule has 0 radical (unpaired) electrons. The van der Waals surface area contributed by atoms with Crippen LogP contribution in [0, 0.1) is 11.3 Å². The molecule has 3 atom stereocenters. The highest BCUT2D eigenvalue weighted by molar-refractivity contribution is 7.99. The summed E-state index contributed by atoms with van der Waals surface area (Å²) in [6.07, 6.45) is 2.69. The number of amides is 1. The van der Waals surface area contributed by atoms with E-state index in [2.05, 4.69) is 40.6 Å². The number of nitrogens with zero attached hydrogens (tertiary/aromatic N) is 3. The summed E-state index contributed by atoms with van der Waals surface area (Å²) in [6, 6.07) is 16.3. The second-order valence-electron chi connectivity index (χ2n) is 8.49. The van der Waals surface area contributed by atoms with Crippen molar-refractivity contribution in [1.82, 2.24) is 9.80 Å². The quantitative estimate of drug-likeness (QED) is 0.500. The number of benzene rings is 2. The van der Waals surface area contributed by atoms with E-state index in [9.17, 15) is 10.1 Å². The number of piperazine rings is 1. The fraction of sp³-hybridized carbons (Fsp3) is 0.417. The minimum atomic E-state index is -0.463. The molecule has 0 aromatic heterocycles. The highest BCUT2D eigenvalue weighted by Gasteiger charge is 2.52. The minimum absolute atomic E-state index is 0.162. The van der Waals surface area contributed by atoms with Crippen LogP contribution in [0.2, 0.25) is 5.02 Å². The number of primary amides is 1. The van der Waals surface area contributed by atoms with Gasteiger partial charge >= 0.3 is 0 Å². The van der Waals surface area contributed by atoms with Gasteiger partial charge in [0.25, 0.3) is 5.91 Å². The molecular formula is C24H29ClN5OS+. The third-order valence-electron chi connectivity index (χ3n) is 6.74. The van der Waals surface area contributed by atoms with Crippen LogP contribution in [0.3, 0.4) is 0 Å². The maximum Gasteiger partial charge on any atom is 0.276 e. The highest BCUT2D eigenvalue weighted by atomic mass is 35.5. The van der Waals surface area contributed by atoms with Crippen LogP contribution in [0.25, 0.3) is 11.1 Å². The van der Waals surface area contributed by atoms with Gasteiger partial charge in [-0.2, -0.15) is 17.0 Å². The van der Waals surface area contributed by atoms with E-state index in [1.54, 1.807) is 11.8 Å². The molecule has 2 aliphatic heterocycles. The van der Waals surface area contributed by atoms with Crippen LogP contribution < -0.4 is 20.4 Å². The van der Waals surface area contributed by atoms with Crippen LogP contribution in [0.15, 0.2) is 42.5 Å².